The minimum atomic E-state index is -4.63. The molecular weight excluding hydrogens is 491 g/mol. The summed E-state index contributed by atoms with van der Waals surface area (Å²) in [5.41, 5.74) is 2.31. The summed E-state index contributed by atoms with van der Waals surface area (Å²) in [4.78, 5) is 37.5. The molecule has 0 spiro atoms. The quantitative estimate of drug-likeness (QED) is 0.316. The predicted octanol–water partition coefficient (Wildman–Crippen LogP) is 4.35. The van der Waals surface area contributed by atoms with Gasteiger partial charge in [0.2, 0.25) is 0 Å². The molecule has 3 heterocycles. The van der Waals surface area contributed by atoms with E-state index in [4.69, 9.17) is 4.84 Å². The molecule has 3 amide bonds. The highest BCUT2D eigenvalue weighted by molar-refractivity contribution is 5.91. The maximum atomic E-state index is 13.2. The first-order chi connectivity index (χ1) is 17.4. The average Bonchev–Trinajstić information content (AvgIpc) is 3.32. The first-order valence-electron chi connectivity index (χ1n) is 11.2. The van der Waals surface area contributed by atoms with Crippen molar-refractivity contribution in [3.8, 4) is 16.8 Å². The van der Waals surface area contributed by atoms with Gasteiger partial charge in [0, 0.05) is 54.6 Å². The van der Waals surface area contributed by atoms with Crippen LogP contribution in [-0.4, -0.2) is 43.8 Å². The minimum Gasteiger partial charge on any atom is -0.338 e. The van der Waals surface area contributed by atoms with Crippen molar-refractivity contribution in [3.05, 3.63) is 60.3 Å². The van der Waals surface area contributed by atoms with Gasteiger partial charge >= 0.3 is 12.2 Å². The number of nitrogens with zero attached hydrogens (tertiary/aromatic N) is 4. The van der Waals surface area contributed by atoms with Crippen LogP contribution in [-0.2, 0) is 15.8 Å². The molecule has 196 valence electrons. The van der Waals surface area contributed by atoms with E-state index in [1.807, 2.05) is 0 Å². The normalized spacial score (nSPS) is 12.0. The third kappa shape index (κ3) is 7.87. The Balaban J connectivity index is 1.97. The molecule has 0 saturated heterocycles. The van der Waals surface area contributed by atoms with Gasteiger partial charge in [0.05, 0.1) is 11.3 Å². The zero-order valence-corrected chi connectivity index (χ0v) is 20.6. The summed E-state index contributed by atoms with van der Waals surface area (Å²) in [6.07, 6.45) is 3.68. The van der Waals surface area contributed by atoms with Crippen molar-refractivity contribution in [2.75, 3.05) is 11.9 Å². The lowest BCUT2D eigenvalue weighted by Gasteiger charge is -2.18. The summed E-state index contributed by atoms with van der Waals surface area (Å²) < 4.78 is 40.6. The first kappa shape index (κ1) is 27.3. The molecule has 3 aromatic rings. The summed E-state index contributed by atoms with van der Waals surface area (Å²) in [6.45, 7) is 7.45. The number of nitrogens with one attached hydrogen (secondary N) is 3. The van der Waals surface area contributed by atoms with E-state index in [0.717, 1.165) is 16.9 Å². The van der Waals surface area contributed by atoms with Gasteiger partial charge in [-0.25, -0.2) is 19.9 Å². The molecule has 0 bridgehead atoms. The molecule has 0 saturated carbocycles. The predicted molar refractivity (Wildman–Crippen MR) is 130 cm³/mol. The largest absolute Gasteiger partial charge is 0.435 e. The highest BCUT2D eigenvalue weighted by Gasteiger charge is 2.34. The zero-order valence-electron chi connectivity index (χ0n) is 20.6. The number of anilines is 1. The summed E-state index contributed by atoms with van der Waals surface area (Å²) in [6, 6.07) is 3.40. The number of carbonyl (C=O) groups is 2. The van der Waals surface area contributed by atoms with E-state index in [1.54, 1.807) is 33.8 Å². The van der Waals surface area contributed by atoms with Crippen molar-refractivity contribution in [2.45, 2.75) is 39.5 Å². The molecule has 37 heavy (non-hydrogen) atoms. The molecule has 0 unspecified atom stereocenters. The molecule has 13 heteroatoms. The Bertz CT molecular complexity index is 1300. The molecule has 3 N–H and O–H groups in total. The van der Waals surface area contributed by atoms with Crippen LogP contribution in [0.4, 0.5) is 23.8 Å². The van der Waals surface area contributed by atoms with Crippen LogP contribution in [0.2, 0.25) is 0 Å². The second kappa shape index (κ2) is 11.2. The van der Waals surface area contributed by atoms with Crippen LogP contribution in [0.25, 0.3) is 22.9 Å². The maximum Gasteiger partial charge on any atom is 0.435 e. The lowest BCUT2D eigenvalue weighted by molar-refractivity contribution is -0.141. The fourth-order valence-corrected chi connectivity index (χ4v) is 2.96. The van der Waals surface area contributed by atoms with Crippen LogP contribution in [0.1, 0.15) is 39.0 Å². The lowest BCUT2D eigenvalue weighted by atomic mass is 10.1. The number of pyridine rings is 2. The molecule has 3 rings (SSSR count). The fraction of sp³-hybridized carbons (Fsp3) is 0.292. The van der Waals surface area contributed by atoms with E-state index in [-0.39, 0.29) is 11.5 Å². The van der Waals surface area contributed by atoms with Crippen molar-refractivity contribution < 1.29 is 27.6 Å². The topological polar surface area (TPSA) is 123 Å². The number of hydroxylamine groups is 1. The van der Waals surface area contributed by atoms with Crippen LogP contribution < -0.4 is 16.1 Å². The van der Waals surface area contributed by atoms with E-state index in [0.29, 0.717) is 23.2 Å². The molecule has 10 nitrogen and oxygen atoms in total. The lowest BCUT2D eigenvalue weighted by Crippen LogP contribution is -2.32. The number of alkyl halides is 3. The van der Waals surface area contributed by atoms with E-state index in [1.165, 1.54) is 36.8 Å². The number of hydrogen-bond donors (Lipinski definition) is 3. The third-order valence-corrected chi connectivity index (χ3v) is 4.54. The Labute approximate surface area is 210 Å². The van der Waals surface area contributed by atoms with Gasteiger partial charge in [-0.1, -0.05) is 0 Å². The molecule has 0 fully saturated rings. The molecule has 0 aliphatic rings. The molecule has 0 radical (unpaired) electrons. The van der Waals surface area contributed by atoms with Crippen molar-refractivity contribution in [3.63, 3.8) is 0 Å². The highest BCUT2D eigenvalue weighted by Crippen LogP contribution is 2.31. The summed E-state index contributed by atoms with van der Waals surface area (Å²) in [7, 11) is 0. The van der Waals surface area contributed by atoms with Gasteiger partial charge in [0.15, 0.2) is 5.69 Å². The second-order valence-electron chi connectivity index (χ2n) is 8.74. The monoisotopic (exact) mass is 517 g/mol. The first-order valence-corrected chi connectivity index (χ1v) is 11.2. The second-order valence-corrected chi connectivity index (χ2v) is 8.74. The van der Waals surface area contributed by atoms with Crippen molar-refractivity contribution in [1.82, 2.24) is 30.5 Å². The van der Waals surface area contributed by atoms with Gasteiger partial charge in [-0.15, -0.1) is 0 Å². The summed E-state index contributed by atoms with van der Waals surface area (Å²) in [5, 5.41) is 8.73. The van der Waals surface area contributed by atoms with Crippen LogP contribution in [0.3, 0.4) is 0 Å². The SMILES string of the molecule is CCNC(=O)Nc1cc(-n2ccc(C(F)(F)F)n2)c(-c2cncc(/C=C/C(=O)NOC(C)(C)C)c2)cn1. The zero-order chi connectivity index (χ0) is 27.2. The number of urea groups is 1. The van der Waals surface area contributed by atoms with E-state index < -0.39 is 29.4 Å². The molecule has 0 aliphatic carbocycles. The molecule has 0 aromatic carbocycles. The number of hydrogen-bond acceptors (Lipinski definition) is 6. The number of amides is 3. The highest BCUT2D eigenvalue weighted by atomic mass is 19.4. The maximum absolute atomic E-state index is 13.2. The minimum absolute atomic E-state index is 0.105. The van der Waals surface area contributed by atoms with E-state index in [9.17, 15) is 22.8 Å². The van der Waals surface area contributed by atoms with Crippen molar-refractivity contribution in [2.24, 2.45) is 0 Å². The Morgan fingerprint density at radius 3 is 2.54 bits per heavy atom. The smallest absolute Gasteiger partial charge is 0.338 e. The number of rotatable bonds is 7. The third-order valence-electron chi connectivity index (χ3n) is 4.54. The van der Waals surface area contributed by atoms with Gasteiger partial charge in [-0.05, 0) is 51.5 Å². The van der Waals surface area contributed by atoms with E-state index >= 15 is 0 Å². The van der Waals surface area contributed by atoms with Crippen LogP contribution in [0, 0.1) is 0 Å². The summed E-state index contributed by atoms with van der Waals surface area (Å²) in [5.74, 6) is -0.382. The van der Waals surface area contributed by atoms with Crippen molar-refractivity contribution >= 4 is 23.8 Å². The Hall–Kier alpha value is -4.26. The fourth-order valence-electron chi connectivity index (χ4n) is 2.96. The van der Waals surface area contributed by atoms with Gasteiger partial charge < -0.3 is 5.32 Å². The van der Waals surface area contributed by atoms with Gasteiger partial charge in [-0.3, -0.25) is 19.9 Å². The van der Waals surface area contributed by atoms with Gasteiger partial charge in [0.25, 0.3) is 5.91 Å². The van der Waals surface area contributed by atoms with E-state index in [2.05, 4.69) is 31.2 Å². The standard InChI is InChI=1S/C24H26F3N7O3/c1-5-29-22(36)31-20-11-18(34-9-8-19(32-34)24(25,26)27)17(14-30-20)16-10-15(12-28-13-16)6-7-21(35)33-37-23(2,3)4/h6-14H,5H2,1-4H3,(H,33,35)(H2,29,30,31,36)/b7-6+. The van der Waals surface area contributed by atoms with Crippen LogP contribution in [0.5, 0.6) is 0 Å². The van der Waals surface area contributed by atoms with Gasteiger partial charge in [0.1, 0.15) is 5.82 Å². The molecule has 0 aliphatic heterocycles. The Morgan fingerprint density at radius 1 is 1.14 bits per heavy atom. The van der Waals surface area contributed by atoms with Crippen LogP contribution in [0.15, 0.2) is 49.1 Å². The summed E-state index contributed by atoms with van der Waals surface area (Å²) >= 11 is 0. The Kier molecular flexibility index (Phi) is 8.28. The molecular formula is C24H26F3N7O3. The van der Waals surface area contributed by atoms with Crippen molar-refractivity contribution in [1.29, 1.82) is 0 Å². The molecule has 0 atom stereocenters. The number of halogens is 3. The average molecular weight is 518 g/mol. The van der Waals surface area contributed by atoms with Crippen LogP contribution >= 0.6 is 0 Å². The molecule has 3 aromatic heterocycles. The number of carbonyl (C=O) groups excluding carboxylic acids is 2. The van der Waals surface area contributed by atoms with Gasteiger partial charge in [-0.2, -0.15) is 18.3 Å². The number of aromatic nitrogens is 4. The Morgan fingerprint density at radius 2 is 1.89 bits per heavy atom.